The fourth-order valence-electron chi connectivity index (χ4n) is 3.51. The number of carbonyl (C=O) groups is 2. The van der Waals surface area contributed by atoms with Crippen molar-refractivity contribution < 1.29 is 27.2 Å². The zero-order chi connectivity index (χ0) is 23.6. The average Bonchev–Trinajstić information content (AvgIpc) is 3.12. The smallest absolute Gasteiger partial charge is 0.420 e. The summed E-state index contributed by atoms with van der Waals surface area (Å²) in [5.41, 5.74) is 0.793. The number of aromatic nitrogens is 1. The Morgan fingerprint density at radius 2 is 1.67 bits per heavy atom. The maximum atomic E-state index is 12.7. The molecule has 1 fully saturated rings. The Bertz CT molecular complexity index is 1340. The lowest BCUT2D eigenvalue weighted by atomic mass is 10.3. The summed E-state index contributed by atoms with van der Waals surface area (Å²) >= 11 is 5.82. The molecule has 0 radical (unpaired) electrons. The molecule has 12 heteroatoms. The highest BCUT2D eigenvalue weighted by atomic mass is 35.5. The molecule has 0 N–H and O–H groups in total. The fourth-order valence-corrected chi connectivity index (χ4v) is 5.05. The van der Waals surface area contributed by atoms with E-state index in [4.69, 9.17) is 20.8 Å². The predicted octanol–water partition coefficient (Wildman–Crippen LogP) is 1.32. The van der Waals surface area contributed by atoms with E-state index in [9.17, 15) is 22.8 Å². The van der Waals surface area contributed by atoms with Gasteiger partial charge >= 0.3 is 11.7 Å². The second-order valence-corrected chi connectivity index (χ2v) is 9.70. The van der Waals surface area contributed by atoms with Crippen LogP contribution >= 0.6 is 11.6 Å². The lowest BCUT2D eigenvalue weighted by molar-refractivity contribution is -0.153. The Hall–Kier alpha value is -3.15. The maximum absolute atomic E-state index is 12.7. The molecular formula is C21H20ClN3O7S. The van der Waals surface area contributed by atoms with Gasteiger partial charge in [0.1, 0.15) is 6.54 Å². The minimum Gasteiger partial charge on any atom is -0.454 e. The number of ether oxygens (including phenoxy) is 1. The number of piperazine rings is 1. The predicted molar refractivity (Wildman–Crippen MR) is 118 cm³/mol. The van der Waals surface area contributed by atoms with Gasteiger partial charge in [-0.3, -0.25) is 14.2 Å². The molecule has 0 bridgehead atoms. The molecule has 1 aliphatic heterocycles. The molecule has 10 nitrogen and oxygen atoms in total. The number of rotatable bonds is 6. The molecule has 0 saturated carbocycles. The van der Waals surface area contributed by atoms with Crippen molar-refractivity contribution in [3.05, 3.63) is 64.1 Å². The molecule has 4 rings (SSSR count). The molecule has 3 aromatic rings. The third-order valence-electron chi connectivity index (χ3n) is 5.26. The number of amides is 1. The summed E-state index contributed by atoms with van der Waals surface area (Å²) in [7, 11) is -3.69. The highest BCUT2D eigenvalue weighted by molar-refractivity contribution is 7.89. The number of oxazole rings is 1. The van der Waals surface area contributed by atoms with Crippen molar-refractivity contribution in [1.82, 2.24) is 13.8 Å². The Kier molecular flexibility index (Phi) is 6.54. The van der Waals surface area contributed by atoms with Crippen molar-refractivity contribution >= 4 is 44.6 Å². The van der Waals surface area contributed by atoms with Gasteiger partial charge in [-0.25, -0.2) is 13.2 Å². The summed E-state index contributed by atoms with van der Waals surface area (Å²) in [6.45, 7) is -0.351. The number of hydrogen-bond acceptors (Lipinski definition) is 7. The number of sulfonamides is 1. The highest BCUT2D eigenvalue weighted by Gasteiger charge is 2.30. The Balaban J connectivity index is 1.29. The third-order valence-corrected chi connectivity index (χ3v) is 7.43. The van der Waals surface area contributed by atoms with Gasteiger partial charge in [-0.05, 0) is 36.4 Å². The van der Waals surface area contributed by atoms with Crippen LogP contribution in [0, 0.1) is 0 Å². The van der Waals surface area contributed by atoms with E-state index < -0.39 is 40.8 Å². The maximum Gasteiger partial charge on any atom is 0.420 e. The Morgan fingerprint density at radius 1 is 1.00 bits per heavy atom. The Morgan fingerprint density at radius 3 is 2.36 bits per heavy atom. The lowest BCUT2D eigenvalue weighted by Crippen LogP contribution is -2.51. The molecule has 174 valence electrons. The molecule has 1 aromatic heterocycles. The average molecular weight is 494 g/mol. The van der Waals surface area contributed by atoms with Gasteiger partial charge in [-0.1, -0.05) is 23.7 Å². The first-order valence-electron chi connectivity index (χ1n) is 10.0. The normalized spacial score (nSPS) is 15.0. The molecule has 2 aromatic carbocycles. The number of benzene rings is 2. The van der Waals surface area contributed by atoms with Crippen molar-refractivity contribution in [3.63, 3.8) is 0 Å². The monoisotopic (exact) mass is 493 g/mol. The molecule has 33 heavy (non-hydrogen) atoms. The minimum atomic E-state index is -3.69. The van der Waals surface area contributed by atoms with E-state index in [-0.39, 0.29) is 31.1 Å². The summed E-state index contributed by atoms with van der Waals surface area (Å²) in [6.07, 6.45) is 0. The molecular weight excluding hydrogens is 474 g/mol. The van der Waals surface area contributed by atoms with Crippen LogP contribution in [0.1, 0.15) is 0 Å². The number of nitrogens with zero attached hydrogens (tertiary/aromatic N) is 3. The summed E-state index contributed by atoms with van der Waals surface area (Å²) in [5.74, 6) is -1.91. The van der Waals surface area contributed by atoms with Crippen LogP contribution in [0.25, 0.3) is 11.1 Å². The second-order valence-electron chi connectivity index (χ2n) is 7.32. The number of para-hydroxylation sites is 2. The van der Waals surface area contributed by atoms with Gasteiger partial charge in [0.15, 0.2) is 12.2 Å². The van der Waals surface area contributed by atoms with Crippen LogP contribution in [0.2, 0.25) is 5.02 Å². The van der Waals surface area contributed by atoms with Crippen LogP contribution in [0.3, 0.4) is 0 Å². The first-order valence-corrected chi connectivity index (χ1v) is 11.8. The number of fused-ring (bicyclic) bond motifs is 1. The fraction of sp³-hybridized carbons (Fsp3) is 0.286. The largest absolute Gasteiger partial charge is 0.454 e. The van der Waals surface area contributed by atoms with Gasteiger partial charge in [0.25, 0.3) is 5.91 Å². The summed E-state index contributed by atoms with van der Waals surface area (Å²) in [4.78, 5) is 38.1. The standard InChI is InChI=1S/C21H20ClN3O7S/c22-15-5-7-16(8-6-15)33(29,30)24-11-9-23(10-12-24)19(26)14-31-20(27)13-25-17-3-1-2-4-18(17)32-21(25)28/h1-8H,9-14H2. The van der Waals surface area contributed by atoms with Crippen molar-refractivity contribution in [2.75, 3.05) is 32.8 Å². The van der Waals surface area contributed by atoms with E-state index in [1.807, 2.05) is 0 Å². The molecule has 1 saturated heterocycles. The molecule has 1 aliphatic rings. The van der Waals surface area contributed by atoms with Gasteiger partial charge in [0, 0.05) is 31.2 Å². The van der Waals surface area contributed by atoms with Crippen LogP contribution in [0.15, 0.2) is 62.6 Å². The van der Waals surface area contributed by atoms with E-state index in [0.29, 0.717) is 16.1 Å². The van der Waals surface area contributed by atoms with Gasteiger partial charge in [-0.2, -0.15) is 4.31 Å². The SMILES string of the molecule is O=C(Cn1c(=O)oc2ccccc21)OCC(=O)N1CCN(S(=O)(=O)c2ccc(Cl)cc2)CC1. The minimum absolute atomic E-state index is 0.112. The molecule has 0 unspecified atom stereocenters. The number of halogens is 1. The molecule has 2 heterocycles. The van der Waals surface area contributed by atoms with Crippen molar-refractivity contribution in [1.29, 1.82) is 0 Å². The first-order chi connectivity index (χ1) is 15.8. The second kappa shape index (κ2) is 9.38. The number of hydrogen-bond donors (Lipinski definition) is 0. The van der Waals surface area contributed by atoms with Crippen LogP contribution in [-0.2, 0) is 30.9 Å². The van der Waals surface area contributed by atoms with Gasteiger partial charge in [0.05, 0.1) is 10.4 Å². The van der Waals surface area contributed by atoms with Gasteiger partial charge < -0.3 is 14.1 Å². The summed E-state index contributed by atoms with van der Waals surface area (Å²) in [5, 5.41) is 0.435. The van der Waals surface area contributed by atoms with E-state index >= 15 is 0 Å². The van der Waals surface area contributed by atoms with E-state index in [0.717, 1.165) is 4.57 Å². The lowest BCUT2D eigenvalue weighted by Gasteiger charge is -2.33. The van der Waals surface area contributed by atoms with Crippen molar-refractivity contribution in [3.8, 4) is 0 Å². The first kappa shape index (κ1) is 23.0. The van der Waals surface area contributed by atoms with E-state index in [2.05, 4.69) is 0 Å². The van der Waals surface area contributed by atoms with Gasteiger partial charge in [-0.15, -0.1) is 0 Å². The molecule has 0 spiro atoms. The van der Waals surface area contributed by atoms with Crippen molar-refractivity contribution in [2.45, 2.75) is 11.4 Å². The summed E-state index contributed by atoms with van der Waals surface area (Å²) in [6, 6.07) is 12.5. The number of carbonyl (C=O) groups excluding carboxylic acids is 2. The van der Waals surface area contributed by atoms with Crippen LogP contribution in [0.4, 0.5) is 0 Å². The molecule has 0 aliphatic carbocycles. The van der Waals surface area contributed by atoms with E-state index in [1.54, 1.807) is 24.3 Å². The van der Waals surface area contributed by atoms with Crippen LogP contribution in [0.5, 0.6) is 0 Å². The van der Waals surface area contributed by atoms with E-state index in [1.165, 1.54) is 33.5 Å². The third kappa shape index (κ3) is 4.95. The molecule has 0 atom stereocenters. The topological polar surface area (TPSA) is 119 Å². The zero-order valence-electron chi connectivity index (χ0n) is 17.3. The number of esters is 1. The highest BCUT2D eigenvalue weighted by Crippen LogP contribution is 2.20. The van der Waals surface area contributed by atoms with Crippen LogP contribution in [-0.4, -0.2) is 66.9 Å². The quantitative estimate of drug-likeness (QED) is 0.475. The molecule has 1 amide bonds. The van der Waals surface area contributed by atoms with Crippen molar-refractivity contribution in [2.24, 2.45) is 0 Å². The van der Waals surface area contributed by atoms with Gasteiger partial charge in [0.2, 0.25) is 10.0 Å². The Labute approximate surface area is 193 Å². The summed E-state index contributed by atoms with van der Waals surface area (Å²) < 4.78 is 38.0. The zero-order valence-corrected chi connectivity index (χ0v) is 18.9. The van der Waals surface area contributed by atoms with Crippen LogP contribution < -0.4 is 5.76 Å².